The van der Waals surface area contributed by atoms with E-state index in [1.165, 1.54) is 47.4 Å². The van der Waals surface area contributed by atoms with Gasteiger partial charge in [-0.3, -0.25) is 0 Å². The van der Waals surface area contributed by atoms with Gasteiger partial charge in [0.15, 0.2) is 23.0 Å². The van der Waals surface area contributed by atoms with Gasteiger partial charge in [0, 0.05) is 0 Å². The number of benzene rings is 2. The summed E-state index contributed by atoms with van der Waals surface area (Å²) in [7, 11) is 3.37. The number of methoxy groups -OCH3 is 2. The molecule has 2 aromatic rings. The fourth-order valence-electron chi connectivity index (χ4n) is 3.47. The molecule has 0 aromatic heterocycles. The average molecular weight is 692 g/mol. The summed E-state index contributed by atoms with van der Waals surface area (Å²) in [6, 6.07) is 12.1. The first-order chi connectivity index (χ1) is 16.7. The SMILES string of the molecule is COc1cc(/C=C/c2ccc(OCCCCCCI)c(OC)c2)ccc1OCCCCCCI. The fourth-order valence-corrected chi connectivity index (χ4v) is 4.55. The van der Waals surface area contributed by atoms with Crippen molar-refractivity contribution in [1.29, 1.82) is 0 Å². The molecule has 0 fully saturated rings. The number of hydrogen-bond acceptors (Lipinski definition) is 4. The van der Waals surface area contributed by atoms with Crippen LogP contribution in [0.3, 0.4) is 0 Å². The molecule has 6 heteroatoms. The summed E-state index contributed by atoms with van der Waals surface area (Å²) in [5, 5.41) is 0. The molecule has 2 rings (SSSR count). The van der Waals surface area contributed by atoms with Crippen molar-refractivity contribution in [2.24, 2.45) is 0 Å². The Balaban J connectivity index is 1.91. The second kappa shape index (κ2) is 18.2. The highest BCUT2D eigenvalue weighted by Crippen LogP contribution is 2.31. The van der Waals surface area contributed by atoms with Crippen LogP contribution in [0.5, 0.6) is 23.0 Å². The molecule has 0 atom stereocenters. The summed E-state index contributed by atoms with van der Waals surface area (Å²) in [6.45, 7) is 1.44. The molecule has 0 aliphatic rings. The van der Waals surface area contributed by atoms with Crippen molar-refractivity contribution >= 4 is 57.3 Å². The molecule has 0 bridgehead atoms. The predicted molar refractivity (Wildman–Crippen MR) is 161 cm³/mol. The molecule has 0 amide bonds. The van der Waals surface area contributed by atoms with E-state index in [1.54, 1.807) is 14.2 Å². The maximum Gasteiger partial charge on any atom is 0.161 e. The Bertz CT molecular complexity index is 785. The summed E-state index contributed by atoms with van der Waals surface area (Å²) >= 11 is 4.86. The van der Waals surface area contributed by atoms with Crippen LogP contribution in [0.25, 0.3) is 12.2 Å². The van der Waals surface area contributed by atoms with E-state index < -0.39 is 0 Å². The fraction of sp³-hybridized carbons (Fsp3) is 0.500. The van der Waals surface area contributed by atoms with Crippen molar-refractivity contribution in [2.75, 3.05) is 36.3 Å². The zero-order valence-electron chi connectivity index (χ0n) is 20.5. The minimum Gasteiger partial charge on any atom is -0.493 e. The Hall–Kier alpha value is -1.16. The Morgan fingerprint density at radius 2 is 0.971 bits per heavy atom. The lowest BCUT2D eigenvalue weighted by Gasteiger charge is -2.12. The van der Waals surface area contributed by atoms with Crippen LogP contribution in [0.15, 0.2) is 36.4 Å². The lowest BCUT2D eigenvalue weighted by atomic mass is 10.1. The Labute approximate surface area is 233 Å². The molecule has 4 nitrogen and oxygen atoms in total. The van der Waals surface area contributed by atoms with Crippen LogP contribution < -0.4 is 18.9 Å². The highest BCUT2D eigenvalue weighted by Gasteiger charge is 2.07. The van der Waals surface area contributed by atoms with Crippen LogP contribution in [-0.2, 0) is 0 Å². The normalized spacial score (nSPS) is 11.1. The van der Waals surface area contributed by atoms with Gasteiger partial charge in [0.1, 0.15) is 0 Å². The molecular weight excluding hydrogens is 654 g/mol. The minimum atomic E-state index is 0.722. The van der Waals surface area contributed by atoms with Crippen LogP contribution in [0.1, 0.15) is 62.5 Å². The molecule has 0 spiro atoms. The van der Waals surface area contributed by atoms with Gasteiger partial charge in [0.05, 0.1) is 27.4 Å². The Kier molecular flexibility index (Phi) is 15.5. The molecule has 0 heterocycles. The zero-order valence-corrected chi connectivity index (χ0v) is 24.8. The second-order valence-corrected chi connectivity index (χ2v) is 10.2. The molecule has 0 aliphatic carbocycles. The number of rotatable bonds is 18. The molecule has 188 valence electrons. The number of hydrogen-bond donors (Lipinski definition) is 0. The molecular formula is C28H38I2O4. The van der Waals surface area contributed by atoms with Gasteiger partial charge in [-0.2, -0.15) is 0 Å². The van der Waals surface area contributed by atoms with Gasteiger partial charge >= 0.3 is 0 Å². The number of unbranched alkanes of at least 4 members (excludes halogenated alkanes) is 6. The molecule has 0 radical (unpaired) electrons. The topological polar surface area (TPSA) is 36.9 Å². The van der Waals surface area contributed by atoms with Gasteiger partial charge < -0.3 is 18.9 Å². The van der Waals surface area contributed by atoms with E-state index in [4.69, 9.17) is 18.9 Å². The summed E-state index contributed by atoms with van der Waals surface area (Å²) in [5.41, 5.74) is 2.11. The molecule has 0 aliphatic heterocycles. The smallest absolute Gasteiger partial charge is 0.161 e. The van der Waals surface area contributed by atoms with Gasteiger partial charge in [-0.15, -0.1) is 0 Å². The van der Waals surface area contributed by atoms with E-state index in [1.807, 2.05) is 24.3 Å². The van der Waals surface area contributed by atoms with E-state index in [2.05, 4.69) is 69.5 Å². The Morgan fingerprint density at radius 1 is 0.559 bits per heavy atom. The average Bonchev–Trinajstić information content (AvgIpc) is 2.87. The van der Waals surface area contributed by atoms with E-state index in [-0.39, 0.29) is 0 Å². The van der Waals surface area contributed by atoms with Crippen molar-refractivity contribution in [2.45, 2.75) is 51.4 Å². The first kappa shape index (κ1) is 29.1. The van der Waals surface area contributed by atoms with Crippen LogP contribution in [0.2, 0.25) is 0 Å². The molecule has 0 saturated heterocycles. The van der Waals surface area contributed by atoms with Gasteiger partial charge in [-0.25, -0.2) is 0 Å². The summed E-state index contributed by atoms with van der Waals surface area (Å²) in [5.74, 6) is 3.11. The lowest BCUT2D eigenvalue weighted by Crippen LogP contribution is -2.00. The van der Waals surface area contributed by atoms with Crippen molar-refractivity contribution < 1.29 is 18.9 Å². The van der Waals surface area contributed by atoms with Gasteiger partial charge in [-0.05, 0) is 69.9 Å². The molecule has 0 N–H and O–H groups in total. The van der Waals surface area contributed by atoms with Crippen molar-refractivity contribution in [1.82, 2.24) is 0 Å². The number of halogens is 2. The minimum absolute atomic E-state index is 0.722. The highest BCUT2D eigenvalue weighted by molar-refractivity contribution is 14.1. The van der Waals surface area contributed by atoms with Gasteiger partial charge in [0.2, 0.25) is 0 Å². The molecule has 0 saturated carbocycles. The van der Waals surface area contributed by atoms with E-state index in [9.17, 15) is 0 Å². The standard InChI is InChI=1S/C28H38I2O4/c1-31-27-21-23(13-15-25(27)33-19-9-5-3-7-17-29)11-12-24-14-16-26(28(22-24)32-2)34-20-10-6-4-8-18-30/h11-16,21-22H,3-10,17-20H2,1-2H3/b12-11+. The van der Waals surface area contributed by atoms with E-state index in [0.717, 1.165) is 60.2 Å². The first-order valence-electron chi connectivity index (χ1n) is 12.1. The summed E-state index contributed by atoms with van der Waals surface area (Å²) in [6.07, 6.45) is 13.8. The third-order valence-corrected chi connectivity index (χ3v) is 6.94. The van der Waals surface area contributed by atoms with E-state index in [0.29, 0.717) is 0 Å². The van der Waals surface area contributed by atoms with Crippen molar-refractivity contribution in [3.8, 4) is 23.0 Å². The van der Waals surface area contributed by atoms with Crippen molar-refractivity contribution in [3.63, 3.8) is 0 Å². The summed E-state index contributed by atoms with van der Waals surface area (Å²) < 4.78 is 25.5. The first-order valence-corrected chi connectivity index (χ1v) is 15.2. The van der Waals surface area contributed by atoms with Gasteiger partial charge in [0.25, 0.3) is 0 Å². The van der Waals surface area contributed by atoms with Crippen LogP contribution in [0.4, 0.5) is 0 Å². The van der Waals surface area contributed by atoms with E-state index >= 15 is 0 Å². The third-order valence-electron chi connectivity index (χ3n) is 5.41. The Morgan fingerprint density at radius 3 is 1.35 bits per heavy atom. The quantitative estimate of drug-likeness (QED) is 0.0679. The number of ether oxygens (including phenoxy) is 4. The van der Waals surface area contributed by atoms with Crippen LogP contribution in [0, 0.1) is 0 Å². The highest BCUT2D eigenvalue weighted by atomic mass is 127. The largest absolute Gasteiger partial charge is 0.493 e. The monoisotopic (exact) mass is 692 g/mol. The maximum absolute atomic E-state index is 5.95. The van der Waals surface area contributed by atoms with Gasteiger partial charge in [-0.1, -0.05) is 95.1 Å². The lowest BCUT2D eigenvalue weighted by molar-refractivity contribution is 0.285. The van der Waals surface area contributed by atoms with Crippen LogP contribution in [-0.4, -0.2) is 36.3 Å². The third kappa shape index (κ3) is 11.1. The summed E-state index contributed by atoms with van der Waals surface area (Å²) in [4.78, 5) is 0. The van der Waals surface area contributed by atoms with Crippen LogP contribution >= 0.6 is 45.2 Å². The molecule has 0 unspecified atom stereocenters. The molecule has 34 heavy (non-hydrogen) atoms. The predicted octanol–water partition coefficient (Wildman–Crippen LogP) is 8.62. The second-order valence-electron chi connectivity index (χ2n) is 8.06. The number of alkyl halides is 2. The maximum atomic E-state index is 5.95. The van der Waals surface area contributed by atoms with Crippen molar-refractivity contribution in [3.05, 3.63) is 47.5 Å². The zero-order chi connectivity index (χ0) is 24.4. The molecule has 2 aromatic carbocycles.